The van der Waals surface area contributed by atoms with Gasteiger partial charge in [0.25, 0.3) is 0 Å². The Balaban J connectivity index is 1.78. The van der Waals surface area contributed by atoms with Gasteiger partial charge < -0.3 is 9.80 Å². The summed E-state index contributed by atoms with van der Waals surface area (Å²) in [6.45, 7) is 7.94. The summed E-state index contributed by atoms with van der Waals surface area (Å²) in [6, 6.07) is 10.6. The third-order valence-electron chi connectivity index (χ3n) is 5.21. The van der Waals surface area contributed by atoms with Crippen LogP contribution in [0.1, 0.15) is 38.2 Å². The van der Waals surface area contributed by atoms with Crippen molar-refractivity contribution in [1.29, 1.82) is 0 Å². The fourth-order valence-corrected chi connectivity index (χ4v) is 3.66. The fraction of sp³-hybridized carbons (Fsp3) is 0.647. The van der Waals surface area contributed by atoms with Crippen LogP contribution in [0, 0.1) is 0 Å². The molecule has 0 radical (unpaired) electrons. The lowest BCUT2D eigenvalue weighted by atomic mass is 9.82. The molecule has 3 rings (SSSR count). The van der Waals surface area contributed by atoms with E-state index in [0.717, 1.165) is 19.8 Å². The number of nitrogens with one attached hydrogen (secondary N) is 1. The normalized spacial score (nSPS) is 31.8. The minimum absolute atomic E-state index is 0.681. The molecule has 2 saturated heterocycles. The number of benzene rings is 1. The van der Waals surface area contributed by atoms with Gasteiger partial charge in [-0.15, -0.1) is 0 Å². The molecule has 0 amide bonds. The van der Waals surface area contributed by atoms with Gasteiger partial charge >= 0.3 is 0 Å². The Morgan fingerprint density at radius 3 is 2.55 bits per heavy atom. The zero-order valence-electron chi connectivity index (χ0n) is 13.0. The monoisotopic (exact) mass is 273 g/mol. The van der Waals surface area contributed by atoms with E-state index < -0.39 is 0 Å². The van der Waals surface area contributed by atoms with Crippen LogP contribution < -0.4 is 10.2 Å². The average molecular weight is 273 g/mol. The first-order valence-electron chi connectivity index (χ1n) is 7.92. The van der Waals surface area contributed by atoms with E-state index in [4.69, 9.17) is 0 Å². The number of hydrogen-bond acceptors (Lipinski definition) is 3. The number of likely N-dealkylation sites (tertiary alicyclic amines) is 1. The second-order valence-electron chi connectivity index (χ2n) is 6.55. The number of anilines is 1. The van der Waals surface area contributed by atoms with Crippen LogP contribution in [0.3, 0.4) is 0 Å². The molecule has 1 aromatic rings. The van der Waals surface area contributed by atoms with Gasteiger partial charge in [0.2, 0.25) is 0 Å². The molecule has 2 atom stereocenters. The predicted molar refractivity (Wildman–Crippen MR) is 85.3 cm³/mol. The van der Waals surface area contributed by atoms with Crippen molar-refractivity contribution < 1.29 is 0 Å². The van der Waals surface area contributed by atoms with Gasteiger partial charge in [-0.2, -0.15) is 0 Å². The largest absolute Gasteiger partial charge is 0.357 e. The number of rotatable bonds is 2. The standard InChI is InChI=1S/C17H27N3/c1-13-9-16(10-14(2)19(13)3)15-5-4-6-17(11-15)20-8-7-18-12-20/h4-6,11,13-14,16,18H,7-10,12H2,1-3H3. The van der Waals surface area contributed by atoms with E-state index in [0.29, 0.717) is 18.0 Å². The van der Waals surface area contributed by atoms with E-state index in [1.807, 2.05) is 0 Å². The van der Waals surface area contributed by atoms with Gasteiger partial charge in [0, 0.05) is 30.9 Å². The minimum atomic E-state index is 0.681. The van der Waals surface area contributed by atoms with Crippen molar-refractivity contribution in [2.24, 2.45) is 0 Å². The molecule has 2 fully saturated rings. The SMILES string of the molecule is CC1CC(c2cccc(N3CCNC3)c2)CC(C)N1C. The average Bonchev–Trinajstić information content (AvgIpc) is 2.98. The highest BCUT2D eigenvalue weighted by Gasteiger charge is 2.29. The van der Waals surface area contributed by atoms with Crippen LogP contribution in [-0.4, -0.2) is 43.8 Å². The van der Waals surface area contributed by atoms with Gasteiger partial charge in [-0.3, -0.25) is 5.32 Å². The maximum Gasteiger partial charge on any atom is 0.0683 e. The summed E-state index contributed by atoms with van der Waals surface area (Å²) in [5, 5.41) is 3.41. The lowest BCUT2D eigenvalue weighted by Gasteiger charge is -2.40. The summed E-state index contributed by atoms with van der Waals surface area (Å²) < 4.78 is 0. The van der Waals surface area contributed by atoms with Crippen molar-refractivity contribution in [2.45, 2.75) is 44.7 Å². The molecule has 3 nitrogen and oxygen atoms in total. The summed E-state index contributed by atoms with van der Waals surface area (Å²) in [7, 11) is 2.26. The van der Waals surface area contributed by atoms with E-state index >= 15 is 0 Å². The molecule has 2 aliphatic heterocycles. The molecule has 1 N–H and O–H groups in total. The second kappa shape index (κ2) is 5.74. The van der Waals surface area contributed by atoms with E-state index in [2.05, 4.69) is 60.3 Å². The Bertz CT molecular complexity index is 441. The van der Waals surface area contributed by atoms with Gasteiger partial charge in [-0.25, -0.2) is 0 Å². The van der Waals surface area contributed by atoms with Crippen molar-refractivity contribution in [3.8, 4) is 0 Å². The van der Waals surface area contributed by atoms with Crippen LogP contribution in [-0.2, 0) is 0 Å². The molecule has 0 bridgehead atoms. The highest BCUT2D eigenvalue weighted by molar-refractivity contribution is 5.50. The molecule has 20 heavy (non-hydrogen) atoms. The van der Waals surface area contributed by atoms with Crippen LogP contribution in [0.25, 0.3) is 0 Å². The molecule has 2 unspecified atom stereocenters. The van der Waals surface area contributed by atoms with Crippen LogP contribution >= 0.6 is 0 Å². The molecule has 3 heteroatoms. The minimum Gasteiger partial charge on any atom is -0.357 e. The summed E-state index contributed by atoms with van der Waals surface area (Å²) in [6.07, 6.45) is 2.56. The van der Waals surface area contributed by atoms with Crippen molar-refractivity contribution >= 4 is 5.69 Å². The fourth-order valence-electron chi connectivity index (χ4n) is 3.66. The Labute approximate surface area is 123 Å². The highest BCUT2D eigenvalue weighted by Crippen LogP contribution is 2.35. The van der Waals surface area contributed by atoms with Crippen molar-refractivity contribution in [1.82, 2.24) is 10.2 Å². The Kier molecular flexibility index (Phi) is 3.99. The summed E-state index contributed by atoms with van der Waals surface area (Å²) >= 11 is 0. The molecule has 0 aromatic heterocycles. The lowest BCUT2D eigenvalue weighted by molar-refractivity contribution is 0.123. The first-order chi connectivity index (χ1) is 9.65. The van der Waals surface area contributed by atoms with E-state index in [1.165, 1.54) is 24.1 Å². The molecule has 0 aliphatic carbocycles. The molecule has 110 valence electrons. The van der Waals surface area contributed by atoms with Crippen LogP contribution in [0.4, 0.5) is 5.69 Å². The molecular weight excluding hydrogens is 246 g/mol. The number of nitrogens with zero attached hydrogens (tertiary/aromatic N) is 2. The molecule has 2 aliphatic rings. The van der Waals surface area contributed by atoms with Gasteiger partial charge in [-0.05, 0) is 57.4 Å². The molecule has 1 aromatic carbocycles. The van der Waals surface area contributed by atoms with Crippen molar-refractivity contribution in [2.75, 3.05) is 31.7 Å². The molecule has 0 saturated carbocycles. The summed E-state index contributed by atoms with van der Waals surface area (Å²) in [4.78, 5) is 4.95. The predicted octanol–water partition coefficient (Wildman–Crippen LogP) is 2.64. The van der Waals surface area contributed by atoms with Crippen LogP contribution in [0.15, 0.2) is 24.3 Å². The highest BCUT2D eigenvalue weighted by atomic mass is 15.3. The van der Waals surface area contributed by atoms with Crippen molar-refractivity contribution in [3.05, 3.63) is 29.8 Å². The second-order valence-corrected chi connectivity index (χ2v) is 6.55. The quantitative estimate of drug-likeness (QED) is 0.893. The molecule has 2 heterocycles. The smallest absolute Gasteiger partial charge is 0.0683 e. The zero-order chi connectivity index (χ0) is 14.1. The Hall–Kier alpha value is -1.06. The van der Waals surface area contributed by atoms with Crippen molar-refractivity contribution in [3.63, 3.8) is 0 Å². The molecule has 0 spiro atoms. The molecular formula is C17H27N3. The zero-order valence-corrected chi connectivity index (χ0v) is 13.0. The van der Waals surface area contributed by atoms with Gasteiger partial charge in [0.15, 0.2) is 0 Å². The topological polar surface area (TPSA) is 18.5 Å². The third-order valence-corrected chi connectivity index (χ3v) is 5.21. The van der Waals surface area contributed by atoms with E-state index in [1.54, 1.807) is 0 Å². The first-order valence-corrected chi connectivity index (χ1v) is 7.92. The maximum absolute atomic E-state index is 3.41. The number of piperidine rings is 1. The van der Waals surface area contributed by atoms with E-state index in [9.17, 15) is 0 Å². The third kappa shape index (κ3) is 2.70. The first kappa shape index (κ1) is 13.9. The summed E-state index contributed by atoms with van der Waals surface area (Å²) in [5.41, 5.74) is 2.91. The van der Waals surface area contributed by atoms with Gasteiger partial charge in [-0.1, -0.05) is 12.1 Å². The lowest BCUT2D eigenvalue weighted by Crippen LogP contribution is -2.43. The van der Waals surface area contributed by atoms with Crippen LogP contribution in [0.5, 0.6) is 0 Å². The van der Waals surface area contributed by atoms with Gasteiger partial charge in [0.1, 0.15) is 0 Å². The van der Waals surface area contributed by atoms with E-state index in [-0.39, 0.29) is 0 Å². The summed E-state index contributed by atoms with van der Waals surface area (Å²) in [5.74, 6) is 0.715. The Morgan fingerprint density at radius 1 is 1.15 bits per heavy atom. The Morgan fingerprint density at radius 2 is 1.90 bits per heavy atom. The van der Waals surface area contributed by atoms with Crippen LogP contribution in [0.2, 0.25) is 0 Å². The van der Waals surface area contributed by atoms with Gasteiger partial charge in [0.05, 0.1) is 6.67 Å². The maximum atomic E-state index is 3.41. The number of hydrogen-bond donors (Lipinski definition) is 1.